The Bertz CT molecular complexity index is 344. The highest BCUT2D eigenvalue weighted by Gasteiger charge is 2.36. The first-order chi connectivity index (χ1) is 8.45. The zero-order valence-corrected chi connectivity index (χ0v) is 10.5. The van der Waals surface area contributed by atoms with Crippen molar-refractivity contribution in [3.05, 3.63) is 0 Å². The van der Waals surface area contributed by atoms with Gasteiger partial charge in [0.15, 0.2) is 0 Å². The average Bonchev–Trinajstić information content (AvgIpc) is 2.60. The number of ether oxygens (including phenoxy) is 1. The fraction of sp³-hybridized carbons (Fsp3) is 0.727. The summed E-state index contributed by atoms with van der Waals surface area (Å²) in [6.07, 6.45) is -0.257. The largest absolute Gasteiger partial charge is 0.481 e. The third kappa shape index (κ3) is 3.69. The van der Waals surface area contributed by atoms with E-state index in [2.05, 4.69) is 10.1 Å². The lowest BCUT2D eigenvalue weighted by atomic mass is 10.0. The Morgan fingerprint density at radius 2 is 2.11 bits per heavy atom. The highest BCUT2D eigenvalue weighted by molar-refractivity contribution is 5.92. The summed E-state index contributed by atoms with van der Waals surface area (Å²) in [5.41, 5.74) is 0. The molecule has 0 spiro atoms. The van der Waals surface area contributed by atoms with Gasteiger partial charge in [-0.1, -0.05) is 0 Å². The first kappa shape index (κ1) is 14.4. The van der Waals surface area contributed by atoms with E-state index >= 15 is 0 Å². The molecule has 0 aliphatic carbocycles. The van der Waals surface area contributed by atoms with Crippen LogP contribution in [0.5, 0.6) is 0 Å². The molecular formula is C11H18N2O5. The summed E-state index contributed by atoms with van der Waals surface area (Å²) in [6, 6.07) is -0.213. The minimum Gasteiger partial charge on any atom is -0.481 e. The van der Waals surface area contributed by atoms with Crippen LogP contribution in [0.3, 0.4) is 0 Å². The standard InChI is InChI=1S/C11H18N2O5/c1-3-18-11(17)12-9(14)6-13-5-4-8(7(13)2)10(15)16/h7-8H,3-6H2,1-2H3,(H,15,16)(H,12,14,17). The molecule has 0 aromatic carbocycles. The summed E-state index contributed by atoms with van der Waals surface area (Å²) in [5, 5.41) is 11.0. The summed E-state index contributed by atoms with van der Waals surface area (Å²) in [4.78, 5) is 35.2. The van der Waals surface area contributed by atoms with Crippen LogP contribution in [0, 0.1) is 5.92 Å². The number of nitrogens with zero attached hydrogens (tertiary/aromatic N) is 1. The molecule has 1 aliphatic heterocycles. The number of rotatable bonds is 4. The van der Waals surface area contributed by atoms with Crippen LogP contribution in [0.2, 0.25) is 0 Å². The molecule has 1 saturated heterocycles. The van der Waals surface area contributed by atoms with Crippen molar-refractivity contribution in [3.63, 3.8) is 0 Å². The van der Waals surface area contributed by atoms with Gasteiger partial charge < -0.3 is 9.84 Å². The van der Waals surface area contributed by atoms with E-state index in [0.717, 1.165) is 0 Å². The van der Waals surface area contributed by atoms with E-state index < -0.39 is 23.9 Å². The first-order valence-corrected chi connectivity index (χ1v) is 5.89. The summed E-state index contributed by atoms with van der Waals surface area (Å²) in [5.74, 6) is -1.79. The van der Waals surface area contributed by atoms with Crippen molar-refractivity contribution in [2.45, 2.75) is 26.3 Å². The molecule has 2 unspecified atom stereocenters. The van der Waals surface area contributed by atoms with Gasteiger partial charge in [0.25, 0.3) is 0 Å². The second kappa shape index (κ2) is 6.34. The fourth-order valence-corrected chi connectivity index (χ4v) is 2.06. The number of amides is 2. The molecule has 1 aliphatic rings. The number of likely N-dealkylation sites (tertiary alicyclic amines) is 1. The predicted octanol–water partition coefficient (Wildman–Crippen LogP) is 0.0541. The molecule has 7 heteroatoms. The Labute approximate surface area is 105 Å². The maximum atomic E-state index is 11.5. The van der Waals surface area contributed by atoms with Crippen LogP contribution in [0.25, 0.3) is 0 Å². The molecular weight excluding hydrogens is 240 g/mol. The van der Waals surface area contributed by atoms with Crippen molar-refractivity contribution in [1.82, 2.24) is 10.2 Å². The zero-order valence-electron chi connectivity index (χ0n) is 10.5. The van der Waals surface area contributed by atoms with E-state index in [1.54, 1.807) is 18.7 Å². The van der Waals surface area contributed by atoms with Gasteiger partial charge in [0.2, 0.25) is 5.91 Å². The number of carboxylic acids is 1. The number of alkyl carbamates (subject to hydrolysis) is 1. The molecule has 0 bridgehead atoms. The second-order valence-electron chi connectivity index (χ2n) is 4.21. The van der Waals surface area contributed by atoms with Crippen molar-refractivity contribution in [3.8, 4) is 0 Å². The summed E-state index contributed by atoms with van der Waals surface area (Å²) in [6.45, 7) is 4.14. The minimum atomic E-state index is -0.851. The number of carboxylic acid groups (broad SMARTS) is 1. The monoisotopic (exact) mass is 258 g/mol. The topological polar surface area (TPSA) is 95.9 Å². The molecule has 7 nitrogen and oxygen atoms in total. The molecule has 2 atom stereocenters. The minimum absolute atomic E-state index is 0.00373. The van der Waals surface area contributed by atoms with E-state index in [0.29, 0.717) is 13.0 Å². The third-order valence-electron chi connectivity index (χ3n) is 3.07. The van der Waals surface area contributed by atoms with Gasteiger partial charge in [-0.15, -0.1) is 0 Å². The smallest absolute Gasteiger partial charge is 0.413 e. The van der Waals surface area contributed by atoms with Crippen molar-refractivity contribution in [1.29, 1.82) is 0 Å². The van der Waals surface area contributed by atoms with Gasteiger partial charge in [0.1, 0.15) is 0 Å². The Kier molecular flexibility index (Phi) is 5.08. The Balaban J connectivity index is 2.42. The Morgan fingerprint density at radius 3 is 2.61 bits per heavy atom. The van der Waals surface area contributed by atoms with Crippen molar-refractivity contribution < 1.29 is 24.2 Å². The van der Waals surface area contributed by atoms with Crippen molar-refractivity contribution >= 4 is 18.0 Å². The summed E-state index contributed by atoms with van der Waals surface area (Å²) >= 11 is 0. The van der Waals surface area contributed by atoms with Crippen LogP contribution in [-0.2, 0) is 14.3 Å². The van der Waals surface area contributed by atoms with Crippen molar-refractivity contribution in [2.24, 2.45) is 5.92 Å². The van der Waals surface area contributed by atoms with Gasteiger partial charge in [-0.2, -0.15) is 0 Å². The normalized spacial score (nSPS) is 23.7. The molecule has 0 saturated carbocycles. The third-order valence-corrected chi connectivity index (χ3v) is 3.07. The predicted molar refractivity (Wildman–Crippen MR) is 61.9 cm³/mol. The SMILES string of the molecule is CCOC(=O)NC(=O)CN1CCC(C(=O)O)C1C. The maximum Gasteiger partial charge on any atom is 0.413 e. The number of carbonyl (C=O) groups is 3. The van der Waals surface area contributed by atoms with E-state index in [-0.39, 0.29) is 19.2 Å². The Morgan fingerprint density at radius 1 is 1.44 bits per heavy atom. The van der Waals surface area contributed by atoms with Crippen LogP contribution in [-0.4, -0.2) is 53.7 Å². The van der Waals surface area contributed by atoms with Crippen LogP contribution in [0.4, 0.5) is 4.79 Å². The first-order valence-electron chi connectivity index (χ1n) is 5.89. The zero-order chi connectivity index (χ0) is 13.7. The fourth-order valence-electron chi connectivity index (χ4n) is 2.06. The number of hydrogen-bond acceptors (Lipinski definition) is 5. The van der Waals surface area contributed by atoms with Gasteiger partial charge in [-0.3, -0.25) is 19.8 Å². The van der Waals surface area contributed by atoms with Gasteiger partial charge >= 0.3 is 12.1 Å². The molecule has 102 valence electrons. The van der Waals surface area contributed by atoms with Gasteiger partial charge in [0.05, 0.1) is 19.1 Å². The molecule has 2 amide bonds. The van der Waals surface area contributed by atoms with E-state index in [4.69, 9.17) is 5.11 Å². The molecule has 1 fully saturated rings. The molecule has 0 aromatic heterocycles. The number of nitrogens with one attached hydrogen (secondary N) is 1. The number of hydrogen-bond donors (Lipinski definition) is 2. The van der Waals surface area contributed by atoms with Crippen LogP contribution in [0.1, 0.15) is 20.3 Å². The second-order valence-corrected chi connectivity index (χ2v) is 4.21. The number of aliphatic carboxylic acids is 1. The Hall–Kier alpha value is -1.63. The van der Waals surface area contributed by atoms with Gasteiger partial charge in [0, 0.05) is 6.04 Å². The molecule has 1 rings (SSSR count). The van der Waals surface area contributed by atoms with Crippen LogP contribution < -0.4 is 5.32 Å². The maximum absolute atomic E-state index is 11.5. The van der Waals surface area contributed by atoms with Crippen LogP contribution in [0.15, 0.2) is 0 Å². The number of imide groups is 1. The van der Waals surface area contributed by atoms with Gasteiger partial charge in [-0.05, 0) is 26.8 Å². The van der Waals surface area contributed by atoms with E-state index in [1.807, 2.05) is 0 Å². The van der Waals surface area contributed by atoms with E-state index in [1.165, 1.54) is 0 Å². The molecule has 18 heavy (non-hydrogen) atoms. The van der Waals surface area contributed by atoms with Crippen molar-refractivity contribution in [2.75, 3.05) is 19.7 Å². The highest BCUT2D eigenvalue weighted by atomic mass is 16.5. The lowest BCUT2D eigenvalue weighted by Gasteiger charge is -2.21. The van der Waals surface area contributed by atoms with Crippen LogP contribution >= 0.6 is 0 Å². The molecule has 1 heterocycles. The van der Waals surface area contributed by atoms with Gasteiger partial charge in [-0.25, -0.2) is 4.79 Å². The lowest BCUT2D eigenvalue weighted by Crippen LogP contribution is -2.42. The average molecular weight is 258 g/mol. The summed E-state index contributed by atoms with van der Waals surface area (Å²) < 4.78 is 4.58. The quantitative estimate of drug-likeness (QED) is 0.740. The molecule has 0 aromatic rings. The number of carbonyl (C=O) groups excluding carboxylic acids is 2. The summed E-state index contributed by atoms with van der Waals surface area (Å²) in [7, 11) is 0. The molecule has 2 N–H and O–H groups in total. The highest BCUT2D eigenvalue weighted by Crippen LogP contribution is 2.23. The lowest BCUT2D eigenvalue weighted by molar-refractivity contribution is -0.142. The molecule has 0 radical (unpaired) electrons. The van der Waals surface area contributed by atoms with E-state index in [9.17, 15) is 14.4 Å².